The topological polar surface area (TPSA) is 25.8 Å². The van der Waals surface area contributed by atoms with Gasteiger partial charge in [-0.2, -0.15) is 0 Å². The highest BCUT2D eigenvalue weighted by molar-refractivity contribution is 5.84. The molecular weight excluding hydrogens is 605 g/mol. The van der Waals surface area contributed by atoms with Gasteiger partial charge in [-0.1, -0.05) is 157 Å². The summed E-state index contributed by atoms with van der Waals surface area (Å²) >= 11 is 0. The van der Waals surface area contributed by atoms with Crippen molar-refractivity contribution in [1.29, 1.82) is 0 Å². The second kappa shape index (κ2) is 13.6. The summed E-state index contributed by atoms with van der Waals surface area (Å²) in [5, 5.41) is 0. The number of hydrogen-bond acceptors (Lipinski definition) is 2. The monoisotopic (exact) mass is 640 g/mol. The van der Waals surface area contributed by atoms with Crippen LogP contribution in [0.3, 0.4) is 0 Å². The number of aromatic nitrogens is 2. The molecule has 0 amide bonds. The zero-order valence-corrected chi connectivity index (χ0v) is 28.2. The molecule has 0 atom stereocenters. The molecule has 0 aliphatic rings. The van der Waals surface area contributed by atoms with Crippen molar-refractivity contribution in [2.24, 2.45) is 0 Å². The predicted molar refractivity (Wildman–Crippen MR) is 210 cm³/mol. The van der Waals surface area contributed by atoms with Gasteiger partial charge < -0.3 is 0 Å². The normalized spacial score (nSPS) is 11.0. The van der Waals surface area contributed by atoms with Crippen molar-refractivity contribution < 1.29 is 0 Å². The molecule has 0 bridgehead atoms. The third-order valence-corrected chi connectivity index (χ3v) is 9.15. The fourth-order valence-corrected chi connectivity index (χ4v) is 6.58. The first kappa shape index (κ1) is 30.9. The molecule has 0 radical (unpaired) electrons. The van der Waals surface area contributed by atoms with Crippen LogP contribution in [0.4, 0.5) is 0 Å². The molecule has 1 heterocycles. The molecule has 2 nitrogen and oxygen atoms in total. The van der Waals surface area contributed by atoms with Crippen molar-refractivity contribution in [3.05, 3.63) is 193 Å². The average molecular weight is 641 g/mol. The molecule has 7 aromatic carbocycles. The van der Waals surface area contributed by atoms with Crippen LogP contribution in [0.15, 0.2) is 182 Å². The van der Waals surface area contributed by atoms with Gasteiger partial charge in [0.25, 0.3) is 0 Å². The van der Waals surface area contributed by atoms with Crippen LogP contribution in [0.5, 0.6) is 0 Å². The average Bonchev–Trinajstić information content (AvgIpc) is 3.18. The van der Waals surface area contributed by atoms with E-state index < -0.39 is 0 Å². The van der Waals surface area contributed by atoms with E-state index >= 15 is 0 Å². The lowest BCUT2D eigenvalue weighted by atomic mass is 9.91. The zero-order chi connectivity index (χ0) is 33.9. The van der Waals surface area contributed by atoms with Gasteiger partial charge in [-0.05, 0) is 94.8 Å². The molecule has 0 aliphatic carbocycles. The van der Waals surface area contributed by atoms with E-state index in [0.717, 1.165) is 50.3 Å². The second-order valence-electron chi connectivity index (χ2n) is 12.9. The standard InChI is InChI=1S/C48H36N2/c1-33-13-9-19-37(25-33)39-21-11-23-41(27-39)43-29-44(42-24-12-22-40(28-42)38-20-10-14-34(2)26-38)31-45(30-43)47-32-46(35-15-5-3-6-16-35)49-48(50-47)36-17-7-4-8-18-36/h3-32H,1-2H3. The van der Waals surface area contributed by atoms with E-state index in [1.54, 1.807) is 0 Å². The maximum atomic E-state index is 5.21. The van der Waals surface area contributed by atoms with E-state index in [-0.39, 0.29) is 0 Å². The molecule has 1 aromatic heterocycles. The Balaban J connectivity index is 1.33. The molecule has 0 unspecified atom stereocenters. The summed E-state index contributed by atoms with van der Waals surface area (Å²) in [4.78, 5) is 10.3. The highest BCUT2D eigenvalue weighted by atomic mass is 14.9. The SMILES string of the molecule is Cc1cccc(-c2cccc(-c3cc(-c4cccc(-c5cccc(C)c5)c4)cc(-c4cc(-c5ccccc5)nc(-c5ccccc5)n4)c3)c2)c1. The smallest absolute Gasteiger partial charge is 0.160 e. The highest BCUT2D eigenvalue weighted by Crippen LogP contribution is 2.37. The Hall–Kier alpha value is -6.38. The number of hydrogen-bond donors (Lipinski definition) is 0. The Morgan fingerprint density at radius 1 is 0.260 bits per heavy atom. The van der Waals surface area contributed by atoms with Crippen molar-refractivity contribution in [2.75, 3.05) is 0 Å². The van der Waals surface area contributed by atoms with Gasteiger partial charge >= 0.3 is 0 Å². The number of aryl methyl sites for hydroxylation is 2. The fourth-order valence-electron chi connectivity index (χ4n) is 6.58. The van der Waals surface area contributed by atoms with Crippen LogP contribution in [0.1, 0.15) is 11.1 Å². The van der Waals surface area contributed by atoms with Gasteiger partial charge in [-0.3, -0.25) is 0 Å². The van der Waals surface area contributed by atoms with Crippen molar-refractivity contribution in [3.63, 3.8) is 0 Å². The lowest BCUT2D eigenvalue weighted by Crippen LogP contribution is -1.96. The third-order valence-electron chi connectivity index (χ3n) is 9.15. The Kier molecular flexibility index (Phi) is 8.42. The van der Waals surface area contributed by atoms with E-state index in [1.165, 1.54) is 33.4 Å². The Morgan fingerprint density at radius 2 is 0.600 bits per heavy atom. The van der Waals surface area contributed by atoms with Crippen LogP contribution in [-0.2, 0) is 0 Å². The van der Waals surface area contributed by atoms with Crippen LogP contribution in [0.2, 0.25) is 0 Å². The van der Waals surface area contributed by atoms with Gasteiger partial charge in [0, 0.05) is 16.7 Å². The molecule has 0 fully saturated rings. The molecule has 50 heavy (non-hydrogen) atoms. The number of nitrogens with zero attached hydrogens (tertiary/aromatic N) is 2. The quantitative estimate of drug-likeness (QED) is 0.173. The van der Waals surface area contributed by atoms with E-state index in [4.69, 9.17) is 9.97 Å². The van der Waals surface area contributed by atoms with Gasteiger partial charge in [0.15, 0.2) is 5.82 Å². The van der Waals surface area contributed by atoms with Gasteiger partial charge in [0.1, 0.15) is 0 Å². The second-order valence-corrected chi connectivity index (χ2v) is 12.9. The van der Waals surface area contributed by atoms with Gasteiger partial charge in [0.2, 0.25) is 0 Å². The van der Waals surface area contributed by atoms with Crippen LogP contribution in [0.25, 0.3) is 78.4 Å². The molecule has 0 saturated carbocycles. The first-order chi connectivity index (χ1) is 24.6. The molecular formula is C48H36N2. The van der Waals surface area contributed by atoms with Gasteiger partial charge in [0.05, 0.1) is 11.4 Å². The van der Waals surface area contributed by atoms with Crippen molar-refractivity contribution >= 4 is 0 Å². The highest BCUT2D eigenvalue weighted by Gasteiger charge is 2.14. The maximum absolute atomic E-state index is 5.21. The van der Waals surface area contributed by atoms with E-state index in [0.29, 0.717) is 5.82 Å². The lowest BCUT2D eigenvalue weighted by Gasteiger charge is -2.14. The maximum Gasteiger partial charge on any atom is 0.160 e. The molecule has 8 aromatic rings. The third kappa shape index (κ3) is 6.65. The first-order valence-electron chi connectivity index (χ1n) is 17.1. The summed E-state index contributed by atoms with van der Waals surface area (Å²) in [7, 11) is 0. The summed E-state index contributed by atoms with van der Waals surface area (Å²) in [6, 6.07) is 64.7. The minimum Gasteiger partial charge on any atom is -0.228 e. The minimum absolute atomic E-state index is 0.705. The molecule has 0 aliphatic heterocycles. The van der Waals surface area contributed by atoms with Crippen molar-refractivity contribution in [3.8, 4) is 78.4 Å². The molecule has 0 spiro atoms. The van der Waals surface area contributed by atoms with E-state index in [1.807, 2.05) is 24.3 Å². The Labute approximate surface area is 294 Å². The molecule has 0 N–H and O–H groups in total. The molecule has 8 rings (SSSR count). The van der Waals surface area contributed by atoms with E-state index in [9.17, 15) is 0 Å². The van der Waals surface area contributed by atoms with Gasteiger partial charge in [-0.25, -0.2) is 9.97 Å². The Morgan fingerprint density at radius 3 is 1.08 bits per heavy atom. The van der Waals surface area contributed by atoms with Crippen LogP contribution >= 0.6 is 0 Å². The van der Waals surface area contributed by atoms with Crippen LogP contribution in [0, 0.1) is 13.8 Å². The zero-order valence-electron chi connectivity index (χ0n) is 28.2. The first-order valence-corrected chi connectivity index (χ1v) is 17.1. The Bertz CT molecular complexity index is 2280. The fraction of sp³-hybridized carbons (Fsp3) is 0.0417. The summed E-state index contributed by atoms with van der Waals surface area (Å²) in [6.45, 7) is 4.28. The molecule has 238 valence electrons. The van der Waals surface area contributed by atoms with Gasteiger partial charge in [-0.15, -0.1) is 0 Å². The van der Waals surface area contributed by atoms with Crippen molar-refractivity contribution in [2.45, 2.75) is 13.8 Å². The number of rotatable bonds is 7. The summed E-state index contributed by atoms with van der Waals surface area (Å²) in [5.41, 5.74) is 16.7. The molecule has 2 heteroatoms. The number of benzene rings is 7. The lowest BCUT2D eigenvalue weighted by molar-refractivity contribution is 1.18. The largest absolute Gasteiger partial charge is 0.228 e. The summed E-state index contributed by atoms with van der Waals surface area (Å²) < 4.78 is 0. The minimum atomic E-state index is 0.705. The van der Waals surface area contributed by atoms with E-state index in [2.05, 4.69) is 172 Å². The van der Waals surface area contributed by atoms with Crippen LogP contribution < -0.4 is 0 Å². The summed E-state index contributed by atoms with van der Waals surface area (Å²) in [6.07, 6.45) is 0. The molecule has 0 saturated heterocycles. The summed E-state index contributed by atoms with van der Waals surface area (Å²) in [5.74, 6) is 0.705. The predicted octanol–water partition coefficient (Wildman–Crippen LogP) is 12.8. The van der Waals surface area contributed by atoms with Crippen LogP contribution in [-0.4, -0.2) is 9.97 Å². The van der Waals surface area contributed by atoms with Crippen molar-refractivity contribution in [1.82, 2.24) is 9.97 Å².